The Balaban J connectivity index is 2.29. The van der Waals surface area contributed by atoms with E-state index in [1.165, 1.54) is 4.31 Å². The average molecular weight is 298 g/mol. The van der Waals surface area contributed by atoms with E-state index in [9.17, 15) is 18.3 Å². The van der Waals surface area contributed by atoms with Crippen molar-refractivity contribution in [2.45, 2.75) is 25.9 Å². The lowest BCUT2D eigenvalue weighted by molar-refractivity contribution is -0.141. The van der Waals surface area contributed by atoms with Gasteiger partial charge in [0.2, 0.25) is 0 Å². The quantitative estimate of drug-likeness (QED) is 0.876. The standard InChI is InChI=1S/C13H18N2O4S/c1-2-8-14-10-12(13(16)17)15(20(14,18)19)9-11-6-4-3-5-7-11/h3-7,12H,2,8-10H2,1H3,(H,16,17)/t12-/m0/s1. The molecular formula is C13H18N2O4S. The maximum absolute atomic E-state index is 12.4. The first-order valence-corrected chi connectivity index (χ1v) is 7.90. The van der Waals surface area contributed by atoms with Gasteiger partial charge >= 0.3 is 5.97 Å². The number of carboxylic acid groups (broad SMARTS) is 1. The maximum atomic E-state index is 12.4. The zero-order valence-electron chi connectivity index (χ0n) is 11.3. The van der Waals surface area contributed by atoms with E-state index in [0.717, 1.165) is 9.87 Å². The van der Waals surface area contributed by atoms with Crippen LogP contribution in [-0.4, -0.2) is 47.2 Å². The van der Waals surface area contributed by atoms with Crippen LogP contribution in [0, 0.1) is 0 Å². The summed E-state index contributed by atoms with van der Waals surface area (Å²) in [6.07, 6.45) is 0.657. The second-order valence-corrected chi connectivity index (χ2v) is 6.63. The van der Waals surface area contributed by atoms with Gasteiger partial charge in [-0.05, 0) is 12.0 Å². The van der Waals surface area contributed by atoms with Gasteiger partial charge in [0.05, 0.1) is 0 Å². The van der Waals surface area contributed by atoms with Gasteiger partial charge in [-0.2, -0.15) is 17.0 Å². The lowest BCUT2D eigenvalue weighted by atomic mass is 10.2. The van der Waals surface area contributed by atoms with Crippen molar-refractivity contribution >= 4 is 16.2 Å². The van der Waals surface area contributed by atoms with Gasteiger partial charge in [0.15, 0.2) is 0 Å². The van der Waals surface area contributed by atoms with Gasteiger partial charge in [0.1, 0.15) is 6.04 Å². The van der Waals surface area contributed by atoms with Crippen molar-refractivity contribution in [2.75, 3.05) is 13.1 Å². The summed E-state index contributed by atoms with van der Waals surface area (Å²) >= 11 is 0. The predicted octanol–water partition coefficient (Wildman–Crippen LogP) is 0.912. The molecule has 1 atom stereocenters. The number of benzene rings is 1. The van der Waals surface area contributed by atoms with Crippen molar-refractivity contribution in [3.63, 3.8) is 0 Å². The van der Waals surface area contributed by atoms with E-state index in [2.05, 4.69) is 0 Å². The van der Waals surface area contributed by atoms with Crippen LogP contribution in [0.4, 0.5) is 0 Å². The van der Waals surface area contributed by atoms with Crippen LogP contribution < -0.4 is 0 Å². The minimum absolute atomic E-state index is 0.0122. The second kappa shape index (κ2) is 5.90. The minimum Gasteiger partial charge on any atom is -0.480 e. The molecule has 110 valence electrons. The third kappa shape index (κ3) is 2.84. The van der Waals surface area contributed by atoms with Gasteiger partial charge in [-0.25, -0.2) is 0 Å². The van der Waals surface area contributed by atoms with Gasteiger partial charge < -0.3 is 5.11 Å². The molecule has 0 saturated carbocycles. The Hall–Kier alpha value is -1.44. The van der Waals surface area contributed by atoms with E-state index in [1.807, 2.05) is 13.0 Å². The largest absolute Gasteiger partial charge is 0.480 e. The second-order valence-electron chi connectivity index (χ2n) is 4.75. The van der Waals surface area contributed by atoms with Crippen molar-refractivity contribution in [1.82, 2.24) is 8.61 Å². The highest BCUT2D eigenvalue weighted by Crippen LogP contribution is 2.25. The molecule has 1 aromatic carbocycles. The van der Waals surface area contributed by atoms with E-state index in [1.54, 1.807) is 24.3 Å². The Labute approximate surface area is 118 Å². The molecule has 2 rings (SSSR count). The Morgan fingerprint density at radius 1 is 1.35 bits per heavy atom. The first kappa shape index (κ1) is 15.0. The molecule has 0 aromatic heterocycles. The smallest absolute Gasteiger partial charge is 0.323 e. The Kier molecular flexibility index (Phi) is 4.42. The fraction of sp³-hybridized carbons (Fsp3) is 0.462. The number of rotatable bonds is 5. The molecule has 1 aromatic rings. The van der Waals surface area contributed by atoms with Crippen LogP contribution in [0.25, 0.3) is 0 Å². The van der Waals surface area contributed by atoms with E-state index in [0.29, 0.717) is 13.0 Å². The molecule has 7 heteroatoms. The first-order valence-electron chi connectivity index (χ1n) is 6.50. The molecule has 1 aliphatic rings. The summed E-state index contributed by atoms with van der Waals surface area (Å²) in [6.45, 7) is 2.31. The van der Waals surface area contributed by atoms with Gasteiger partial charge in [0.25, 0.3) is 10.2 Å². The van der Waals surface area contributed by atoms with Crippen LogP contribution in [-0.2, 0) is 21.5 Å². The molecule has 0 spiro atoms. The van der Waals surface area contributed by atoms with Crippen LogP contribution >= 0.6 is 0 Å². The molecule has 1 fully saturated rings. The van der Waals surface area contributed by atoms with Crippen LogP contribution in [0.3, 0.4) is 0 Å². The highest BCUT2D eigenvalue weighted by molar-refractivity contribution is 7.87. The number of carboxylic acids is 1. The van der Waals surface area contributed by atoms with Crippen molar-refractivity contribution in [2.24, 2.45) is 0 Å². The summed E-state index contributed by atoms with van der Waals surface area (Å²) in [5.74, 6) is -1.11. The molecule has 1 aliphatic heterocycles. The highest BCUT2D eigenvalue weighted by Gasteiger charge is 2.46. The Morgan fingerprint density at radius 3 is 2.55 bits per heavy atom. The summed E-state index contributed by atoms with van der Waals surface area (Å²) in [5.41, 5.74) is 0.778. The monoisotopic (exact) mass is 298 g/mol. The molecule has 1 saturated heterocycles. The van der Waals surface area contributed by atoms with Crippen LogP contribution in [0.1, 0.15) is 18.9 Å². The SMILES string of the molecule is CCCN1C[C@@H](C(=O)O)N(Cc2ccccc2)S1(=O)=O. The molecule has 0 amide bonds. The molecule has 6 nitrogen and oxygen atoms in total. The van der Waals surface area contributed by atoms with E-state index < -0.39 is 22.2 Å². The molecule has 0 unspecified atom stereocenters. The summed E-state index contributed by atoms with van der Waals surface area (Å²) in [7, 11) is -3.70. The van der Waals surface area contributed by atoms with Crippen LogP contribution in [0.2, 0.25) is 0 Å². The summed E-state index contributed by atoms with van der Waals surface area (Å²) in [4.78, 5) is 11.3. The third-order valence-corrected chi connectivity index (χ3v) is 5.25. The molecule has 20 heavy (non-hydrogen) atoms. The van der Waals surface area contributed by atoms with Crippen molar-refractivity contribution in [3.8, 4) is 0 Å². The van der Waals surface area contributed by atoms with Crippen LogP contribution in [0.15, 0.2) is 30.3 Å². The topological polar surface area (TPSA) is 77.9 Å². The zero-order valence-corrected chi connectivity index (χ0v) is 12.1. The number of carbonyl (C=O) groups is 1. The molecule has 0 radical (unpaired) electrons. The number of nitrogens with zero attached hydrogens (tertiary/aromatic N) is 2. The molecule has 1 heterocycles. The van der Waals surface area contributed by atoms with E-state index in [-0.39, 0.29) is 13.1 Å². The van der Waals surface area contributed by atoms with Crippen molar-refractivity contribution < 1.29 is 18.3 Å². The molecule has 0 aliphatic carbocycles. The van der Waals surface area contributed by atoms with E-state index >= 15 is 0 Å². The Bertz CT molecular complexity index is 573. The van der Waals surface area contributed by atoms with Gasteiger partial charge in [-0.1, -0.05) is 37.3 Å². The first-order chi connectivity index (χ1) is 9.46. The summed E-state index contributed by atoms with van der Waals surface area (Å²) in [6, 6.07) is 8.00. The van der Waals surface area contributed by atoms with Crippen molar-refractivity contribution in [1.29, 1.82) is 0 Å². The number of hydrogen-bond acceptors (Lipinski definition) is 3. The number of hydrogen-bond donors (Lipinski definition) is 1. The molecule has 0 bridgehead atoms. The fourth-order valence-corrected chi connectivity index (χ4v) is 4.13. The zero-order chi connectivity index (χ0) is 14.8. The predicted molar refractivity (Wildman–Crippen MR) is 74.2 cm³/mol. The molecular weight excluding hydrogens is 280 g/mol. The Morgan fingerprint density at radius 2 is 2.00 bits per heavy atom. The number of aliphatic carboxylic acids is 1. The average Bonchev–Trinajstić information content (AvgIpc) is 2.65. The van der Waals surface area contributed by atoms with E-state index in [4.69, 9.17) is 0 Å². The summed E-state index contributed by atoms with van der Waals surface area (Å²) in [5, 5.41) is 9.25. The minimum atomic E-state index is -3.70. The lowest BCUT2D eigenvalue weighted by Gasteiger charge is -2.20. The third-order valence-electron chi connectivity index (χ3n) is 3.29. The van der Waals surface area contributed by atoms with Gasteiger partial charge in [0, 0.05) is 19.6 Å². The molecule has 1 N–H and O–H groups in total. The van der Waals surface area contributed by atoms with Gasteiger partial charge in [-0.15, -0.1) is 0 Å². The summed E-state index contributed by atoms with van der Waals surface area (Å²) < 4.78 is 27.1. The van der Waals surface area contributed by atoms with Crippen LogP contribution in [0.5, 0.6) is 0 Å². The normalized spacial score (nSPS) is 22.9. The van der Waals surface area contributed by atoms with Gasteiger partial charge in [-0.3, -0.25) is 4.79 Å². The highest BCUT2D eigenvalue weighted by atomic mass is 32.2. The fourth-order valence-electron chi connectivity index (χ4n) is 2.30. The lowest BCUT2D eigenvalue weighted by Crippen LogP contribution is -2.39. The maximum Gasteiger partial charge on any atom is 0.323 e. The van der Waals surface area contributed by atoms with Crippen molar-refractivity contribution in [3.05, 3.63) is 35.9 Å².